The van der Waals surface area contributed by atoms with Crippen LogP contribution in [0.25, 0.3) is 0 Å². The van der Waals surface area contributed by atoms with E-state index in [4.69, 9.17) is 5.73 Å². The van der Waals surface area contributed by atoms with E-state index in [1.54, 1.807) is 0 Å². The van der Waals surface area contributed by atoms with E-state index in [0.29, 0.717) is 12.0 Å². The van der Waals surface area contributed by atoms with Crippen molar-refractivity contribution in [3.05, 3.63) is 0 Å². The zero-order chi connectivity index (χ0) is 8.48. The second-order valence-electron chi connectivity index (χ2n) is 4.64. The summed E-state index contributed by atoms with van der Waals surface area (Å²) in [5.74, 6) is 0.690. The molecule has 2 unspecified atom stereocenters. The monoisotopic (exact) mass is 156 g/mol. The second-order valence-corrected chi connectivity index (χ2v) is 4.64. The molecule has 2 atom stereocenters. The Balaban J connectivity index is 2.46. The standard InChI is InChI=1S/C9H20N2/c1-9(2,3)8(10)7-4-5-11-6-7/h7-8,11H,4-6,10H2,1-3H3. The van der Waals surface area contributed by atoms with Gasteiger partial charge < -0.3 is 11.1 Å². The maximum atomic E-state index is 6.12. The van der Waals surface area contributed by atoms with Crippen LogP contribution in [0.15, 0.2) is 0 Å². The molecule has 1 saturated heterocycles. The van der Waals surface area contributed by atoms with E-state index in [-0.39, 0.29) is 5.41 Å². The maximum absolute atomic E-state index is 6.12. The predicted molar refractivity (Wildman–Crippen MR) is 48.4 cm³/mol. The van der Waals surface area contributed by atoms with Crippen molar-refractivity contribution in [2.45, 2.75) is 33.2 Å². The van der Waals surface area contributed by atoms with Gasteiger partial charge in [-0.05, 0) is 30.8 Å². The smallest absolute Gasteiger partial charge is 0.0129 e. The molecule has 0 aromatic rings. The van der Waals surface area contributed by atoms with Crippen LogP contribution in [0.4, 0.5) is 0 Å². The van der Waals surface area contributed by atoms with Crippen LogP contribution in [0.2, 0.25) is 0 Å². The van der Waals surface area contributed by atoms with E-state index in [9.17, 15) is 0 Å². The SMILES string of the molecule is CC(C)(C)C(N)C1CCNC1. The van der Waals surface area contributed by atoms with Crippen LogP contribution < -0.4 is 11.1 Å². The fourth-order valence-electron chi connectivity index (χ4n) is 1.69. The first-order valence-corrected chi connectivity index (χ1v) is 4.48. The Morgan fingerprint density at radius 3 is 2.45 bits per heavy atom. The molecule has 2 nitrogen and oxygen atoms in total. The maximum Gasteiger partial charge on any atom is 0.0129 e. The lowest BCUT2D eigenvalue weighted by Gasteiger charge is -2.31. The zero-order valence-electron chi connectivity index (χ0n) is 7.85. The Bertz CT molecular complexity index is 120. The van der Waals surface area contributed by atoms with E-state index in [0.717, 1.165) is 13.1 Å². The van der Waals surface area contributed by atoms with Crippen molar-refractivity contribution in [1.29, 1.82) is 0 Å². The van der Waals surface area contributed by atoms with Gasteiger partial charge in [0.2, 0.25) is 0 Å². The molecule has 0 amide bonds. The van der Waals surface area contributed by atoms with Gasteiger partial charge in [-0.25, -0.2) is 0 Å². The average Bonchev–Trinajstić information content (AvgIpc) is 2.34. The molecular formula is C9H20N2. The Morgan fingerprint density at radius 1 is 1.45 bits per heavy atom. The predicted octanol–water partition coefficient (Wildman–Crippen LogP) is 0.969. The molecule has 1 aliphatic rings. The lowest BCUT2D eigenvalue weighted by atomic mass is 9.79. The quantitative estimate of drug-likeness (QED) is 0.593. The van der Waals surface area contributed by atoms with Crippen molar-refractivity contribution in [2.75, 3.05) is 13.1 Å². The number of hydrogen-bond donors (Lipinski definition) is 2. The van der Waals surface area contributed by atoms with Crippen molar-refractivity contribution in [3.8, 4) is 0 Å². The van der Waals surface area contributed by atoms with Gasteiger partial charge in [-0.15, -0.1) is 0 Å². The van der Waals surface area contributed by atoms with Crippen molar-refractivity contribution in [1.82, 2.24) is 5.32 Å². The van der Waals surface area contributed by atoms with Gasteiger partial charge in [0.25, 0.3) is 0 Å². The molecule has 0 aromatic heterocycles. The summed E-state index contributed by atoms with van der Waals surface area (Å²) in [7, 11) is 0. The second kappa shape index (κ2) is 3.11. The Kier molecular flexibility index (Phi) is 2.55. The lowest BCUT2D eigenvalue weighted by molar-refractivity contribution is 0.248. The third-order valence-electron chi connectivity index (χ3n) is 2.61. The van der Waals surface area contributed by atoms with E-state index in [1.807, 2.05) is 0 Å². The first-order valence-electron chi connectivity index (χ1n) is 4.48. The van der Waals surface area contributed by atoms with Gasteiger partial charge in [0, 0.05) is 6.04 Å². The van der Waals surface area contributed by atoms with Gasteiger partial charge in [-0.2, -0.15) is 0 Å². The van der Waals surface area contributed by atoms with Gasteiger partial charge in [-0.1, -0.05) is 20.8 Å². The fraction of sp³-hybridized carbons (Fsp3) is 1.00. The first kappa shape index (κ1) is 9.01. The summed E-state index contributed by atoms with van der Waals surface area (Å²) in [5, 5.41) is 3.35. The van der Waals surface area contributed by atoms with Crippen LogP contribution in [-0.2, 0) is 0 Å². The number of rotatable bonds is 1. The van der Waals surface area contributed by atoms with Gasteiger partial charge in [0.15, 0.2) is 0 Å². The number of nitrogens with one attached hydrogen (secondary N) is 1. The Hall–Kier alpha value is -0.0800. The number of nitrogens with two attached hydrogens (primary N) is 1. The number of hydrogen-bond acceptors (Lipinski definition) is 2. The zero-order valence-corrected chi connectivity index (χ0v) is 7.85. The third kappa shape index (κ3) is 2.17. The molecule has 1 heterocycles. The van der Waals surface area contributed by atoms with Crippen molar-refractivity contribution in [3.63, 3.8) is 0 Å². The minimum atomic E-state index is 0.261. The Labute approximate surface area is 69.5 Å². The van der Waals surface area contributed by atoms with Gasteiger partial charge in [0.05, 0.1) is 0 Å². The topological polar surface area (TPSA) is 38.0 Å². The summed E-state index contributed by atoms with van der Waals surface area (Å²) in [4.78, 5) is 0. The van der Waals surface area contributed by atoms with Crippen molar-refractivity contribution in [2.24, 2.45) is 17.1 Å². The van der Waals surface area contributed by atoms with Gasteiger partial charge >= 0.3 is 0 Å². The largest absolute Gasteiger partial charge is 0.327 e. The van der Waals surface area contributed by atoms with Gasteiger partial charge in [-0.3, -0.25) is 0 Å². The molecule has 2 heteroatoms. The van der Waals surface area contributed by atoms with E-state index in [2.05, 4.69) is 26.1 Å². The van der Waals surface area contributed by atoms with Crippen LogP contribution in [0.1, 0.15) is 27.2 Å². The van der Waals surface area contributed by atoms with Crippen LogP contribution in [-0.4, -0.2) is 19.1 Å². The van der Waals surface area contributed by atoms with Crippen LogP contribution in [0, 0.1) is 11.3 Å². The summed E-state index contributed by atoms with van der Waals surface area (Å²) < 4.78 is 0. The van der Waals surface area contributed by atoms with E-state index < -0.39 is 0 Å². The van der Waals surface area contributed by atoms with Crippen LogP contribution in [0.5, 0.6) is 0 Å². The highest BCUT2D eigenvalue weighted by atomic mass is 14.9. The van der Waals surface area contributed by atoms with Crippen molar-refractivity contribution >= 4 is 0 Å². The molecule has 0 radical (unpaired) electrons. The lowest BCUT2D eigenvalue weighted by Crippen LogP contribution is -2.42. The summed E-state index contributed by atoms with van der Waals surface area (Å²) in [6.07, 6.45) is 1.25. The fourth-order valence-corrected chi connectivity index (χ4v) is 1.69. The molecule has 11 heavy (non-hydrogen) atoms. The molecule has 0 spiro atoms. The van der Waals surface area contributed by atoms with Gasteiger partial charge in [0.1, 0.15) is 0 Å². The molecule has 0 bridgehead atoms. The minimum absolute atomic E-state index is 0.261. The van der Waals surface area contributed by atoms with Crippen LogP contribution in [0.3, 0.4) is 0 Å². The molecule has 1 aliphatic heterocycles. The minimum Gasteiger partial charge on any atom is -0.327 e. The van der Waals surface area contributed by atoms with E-state index in [1.165, 1.54) is 6.42 Å². The summed E-state index contributed by atoms with van der Waals surface area (Å²) in [6, 6.07) is 0.345. The first-order chi connectivity index (χ1) is 5.02. The average molecular weight is 156 g/mol. The highest BCUT2D eigenvalue weighted by Gasteiger charge is 2.30. The highest BCUT2D eigenvalue weighted by Crippen LogP contribution is 2.26. The van der Waals surface area contributed by atoms with Crippen molar-refractivity contribution < 1.29 is 0 Å². The molecule has 0 aromatic carbocycles. The molecule has 0 aliphatic carbocycles. The summed E-state index contributed by atoms with van der Waals surface area (Å²) >= 11 is 0. The van der Waals surface area contributed by atoms with E-state index >= 15 is 0 Å². The molecular weight excluding hydrogens is 136 g/mol. The summed E-state index contributed by atoms with van der Waals surface area (Å²) in [6.45, 7) is 8.91. The normalized spacial score (nSPS) is 28.9. The molecule has 3 N–H and O–H groups in total. The molecule has 1 fully saturated rings. The Morgan fingerprint density at radius 2 is 2.09 bits per heavy atom. The highest BCUT2D eigenvalue weighted by molar-refractivity contribution is 4.87. The molecule has 0 saturated carbocycles. The molecule has 66 valence electrons. The summed E-state index contributed by atoms with van der Waals surface area (Å²) in [5.41, 5.74) is 6.38. The third-order valence-corrected chi connectivity index (χ3v) is 2.61. The molecule has 1 rings (SSSR count). The van der Waals surface area contributed by atoms with Crippen LogP contribution >= 0.6 is 0 Å².